The van der Waals surface area contributed by atoms with Crippen LogP contribution in [0.2, 0.25) is 0 Å². The number of fused-ring (bicyclic) bond motifs is 1. The van der Waals surface area contributed by atoms with Crippen molar-refractivity contribution >= 4 is 22.4 Å². The van der Waals surface area contributed by atoms with Crippen LogP contribution in [0.5, 0.6) is 11.5 Å². The molecule has 0 saturated carbocycles. The number of rotatable bonds is 12. The van der Waals surface area contributed by atoms with Crippen LogP contribution in [0.1, 0.15) is 57.9 Å². The standard InChI is InChI=1S/C22H31ClO2/c1-3-5-6-7-8-15-24-19-11-12-21-18(17-19)10-13-22(20(21)4-2)25-16-9-14-23/h10-13,17H,3-9,14-16H2,1-2H3. The number of aryl methyl sites for hydroxylation is 1. The predicted molar refractivity (Wildman–Crippen MR) is 108 cm³/mol. The van der Waals surface area contributed by atoms with Crippen LogP contribution < -0.4 is 9.47 Å². The molecule has 2 rings (SSSR count). The normalized spacial score (nSPS) is 11.0. The van der Waals surface area contributed by atoms with Gasteiger partial charge in [0, 0.05) is 11.4 Å². The quantitative estimate of drug-likeness (QED) is 0.306. The van der Waals surface area contributed by atoms with Gasteiger partial charge < -0.3 is 9.47 Å². The molecule has 3 heteroatoms. The van der Waals surface area contributed by atoms with Crippen molar-refractivity contribution in [3.05, 3.63) is 35.9 Å². The van der Waals surface area contributed by atoms with Gasteiger partial charge in [-0.2, -0.15) is 0 Å². The van der Waals surface area contributed by atoms with E-state index in [0.29, 0.717) is 12.5 Å². The van der Waals surface area contributed by atoms with Gasteiger partial charge >= 0.3 is 0 Å². The van der Waals surface area contributed by atoms with E-state index in [1.54, 1.807) is 0 Å². The first kappa shape index (κ1) is 19.9. The van der Waals surface area contributed by atoms with E-state index in [4.69, 9.17) is 21.1 Å². The van der Waals surface area contributed by atoms with Crippen LogP contribution >= 0.6 is 11.6 Å². The summed E-state index contributed by atoms with van der Waals surface area (Å²) >= 11 is 5.74. The van der Waals surface area contributed by atoms with Crippen molar-refractivity contribution in [3.63, 3.8) is 0 Å². The Labute approximate surface area is 157 Å². The minimum absolute atomic E-state index is 0.633. The minimum Gasteiger partial charge on any atom is -0.494 e. The van der Waals surface area contributed by atoms with Crippen LogP contribution in [-0.4, -0.2) is 19.1 Å². The summed E-state index contributed by atoms with van der Waals surface area (Å²) in [5.41, 5.74) is 1.26. The van der Waals surface area contributed by atoms with E-state index < -0.39 is 0 Å². The number of hydrogen-bond acceptors (Lipinski definition) is 2. The van der Waals surface area contributed by atoms with Gasteiger partial charge in [-0.1, -0.05) is 51.7 Å². The Morgan fingerprint density at radius 2 is 1.64 bits per heavy atom. The molecule has 0 N–H and O–H groups in total. The van der Waals surface area contributed by atoms with Crippen LogP contribution in [0.25, 0.3) is 10.8 Å². The largest absolute Gasteiger partial charge is 0.494 e. The maximum atomic E-state index is 5.93. The van der Waals surface area contributed by atoms with Crippen LogP contribution in [0, 0.1) is 0 Å². The lowest BCUT2D eigenvalue weighted by molar-refractivity contribution is 0.305. The summed E-state index contributed by atoms with van der Waals surface area (Å²) in [6.45, 7) is 5.88. The third kappa shape index (κ3) is 6.11. The Balaban J connectivity index is 2.01. The molecule has 2 nitrogen and oxygen atoms in total. The molecule has 2 aromatic carbocycles. The molecule has 2 aromatic rings. The first-order chi connectivity index (χ1) is 12.3. The van der Waals surface area contributed by atoms with Gasteiger partial charge in [0.2, 0.25) is 0 Å². The Hall–Kier alpha value is -1.41. The third-order valence-corrected chi connectivity index (χ3v) is 4.73. The molecule has 0 radical (unpaired) electrons. The lowest BCUT2D eigenvalue weighted by atomic mass is 10.0. The second-order valence-corrected chi connectivity index (χ2v) is 6.81. The van der Waals surface area contributed by atoms with Gasteiger partial charge in [-0.3, -0.25) is 0 Å². The van der Waals surface area contributed by atoms with Crippen molar-refractivity contribution in [2.75, 3.05) is 19.1 Å². The zero-order chi connectivity index (χ0) is 17.9. The summed E-state index contributed by atoms with van der Waals surface area (Å²) in [6, 6.07) is 10.6. The fourth-order valence-corrected chi connectivity index (χ4v) is 3.18. The Bertz CT molecular complexity index is 639. The molecule has 0 aromatic heterocycles. The zero-order valence-electron chi connectivity index (χ0n) is 15.7. The second-order valence-electron chi connectivity index (χ2n) is 6.43. The van der Waals surface area contributed by atoms with E-state index in [1.807, 2.05) is 0 Å². The van der Waals surface area contributed by atoms with Gasteiger partial charge in [0.25, 0.3) is 0 Å². The molecular formula is C22H31ClO2. The highest BCUT2D eigenvalue weighted by Crippen LogP contribution is 2.31. The third-order valence-electron chi connectivity index (χ3n) is 4.47. The maximum absolute atomic E-state index is 5.93. The first-order valence-electron chi connectivity index (χ1n) is 9.67. The molecule has 0 amide bonds. The predicted octanol–water partition coefficient (Wildman–Crippen LogP) is 6.76. The van der Waals surface area contributed by atoms with E-state index in [2.05, 4.69) is 44.2 Å². The van der Waals surface area contributed by atoms with E-state index >= 15 is 0 Å². The van der Waals surface area contributed by atoms with Crippen molar-refractivity contribution in [2.45, 2.75) is 58.8 Å². The van der Waals surface area contributed by atoms with Crippen LogP contribution in [0.15, 0.2) is 30.3 Å². The van der Waals surface area contributed by atoms with E-state index in [9.17, 15) is 0 Å². The minimum atomic E-state index is 0.633. The average molecular weight is 363 g/mol. The molecular weight excluding hydrogens is 332 g/mol. The molecule has 0 atom stereocenters. The van der Waals surface area contributed by atoms with Crippen LogP contribution in [-0.2, 0) is 6.42 Å². The summed E-state index contributed by atoms with van der Waals surface area (Å²) in [6.07, 6.45) is 8.12. The number of hydrogen-bond donors (Lipinski definition) is 0. The van der Waals surface area contributed by atoms with Crippen molar-refractivity contribution in [1.82, 2.24) is 0 Å². The molecule has 138 valence electrons. The lowest BCUT2D eigenvalue weighted by Crippen LogP contribution is -2.01. The highest BCUT2D eigenvalue weighted by atomic mass is 35.5. The van der Waals surface area contributed by atoms with Gasteiger partial charge in [-0.15, -0.1) is 11.6 Å². The summed E-state index contributed by atoms with van der Waals surface area (Å²) in [5.74, 6) is 2.57. The summed E-state index contributed by atoms with van der Waals surface area (Å²) < 4.78 is 11.8. The monoisotopic (exact) mass is 362 g/mol. The fraction of sp³-hybridized carbons (Fsp3) is 0.545. The average Bonchev–Trinajstić information content (AvgIpc) is 2.64. The molecule has 0 bridgehead atoms. The number of halogens is 1. The molecule has 0 aliphatic heterocycles. The number of unbranched alkanes of at least 4 members (excludes halogenated alkanes) is 4. The number of alkyl halides is 1. The van der Waals surface area contributed by atoms with E-state index in [-0.39, 0.29) is 0 Å². The number of ether oxygens (including phenoxy) is 2. The second kappa shape index (κ2) is 11.3. The molecule has 0 spiro atoms. The van der Waals surface area contributed by atoms with Gasteiger partial charge in [0.15, 0.2) is 0 Å². The highest BCUT2D eigenvalue weighted by molar-refractivity contribution is 6.17. The molecule has 0 unspecified atom stereocenters. The van der Waals surface area contributed by atoms with Crippen LogP contribution in [0.4, 0.5) is 0 Å². The summed E-state index contributed by atoms with van der Waals surface area (Å²) in [7, 11) is 0. The van der Waals surface area contributed by atoms with E-state index in [0.717, 1.165) is 37.4 Å². The summed E-state index contributed by atoms with van der Waals surface area (Å²) in [4.78, 5) is 0. The fourth-order valence-electron chi connectivity index (χ4n) is 3.07. The van der Waals surface area contributed by atoms with Gasteiger partial charge in [-0.05, 0) is 48.2 Å². The molecule has 0 aliphatic carbocycles. The summed E-state index contributed by atoms with van der Waals surface area (Å²) in [5, 5.41) is 2.46. The van der Waals surface area contributed by atoms with Gasteiger partial charge in [0.05, 0.1) is 13.2 Å². The highest BCUT2D eigenvalue weighted by Gasteiger charge is 2.08. The van der Waals surface area contributed by atoms with Crippen molar-refractivity contribution < 1.29 is 9.47 Å². The van der Waals surface area contributed by atoms with Crippen molar-refractivity contribution in [1.29, 1.82) is 0 Å². The maximum Gasteiger partial charge on any atom is 0.123 e. The molecule has 0 saturated heterocycles. The van der Waals surface area contributed by atoms with Crippen molar-refractivity contribution in [2.24, 2.45) is 0 Å². The first-order valence-corrected chi connectivity index (χ1v) is 10.2. The molecule has 0 aliphatic rings. The SMILES string of the molecule is CCCCCCCOc1ccc2c(CC)c(OCCCCl)ccc2c1. The lowest BCUT2D eigenvalue weighted by Gasteiger charge is -2.14. The molecule has 0 fully saturated rings. The van der Waals surface area contributed by atoms with Gasteiger partial charge in [0.1, 0.15) is 11.5 Å². The number of benzene rings is 2. The molecule has 25 heavy (non-hydrogen) atoms. The van der Waals surface area contributed by atoms with E-state index in [1.165, 1.54) is 42.0 Å². The van der Waals surface area contributed by atoms with Crippen molar-refractivity contribution in [3.8, 4) is 11.5 Å². The van der Waals surface area contributed by atoms with Crippen LogP contribution in [0.3, 0.4) is 0 Å². The topological polar surface area (TPSA) is 18.5 Å². The Kier molecular flexibility index (Phi) is 8.96. The zero-order valence-corrected chi connectivity index (χ0v) is 16.4. The van der Waals surface area contributed by atoms with Gasteiger partial charge in [-0.25, -0.2) is 0 Å². The smallest absolute Gasteiger partial charge is 0.123 e. The molecule has 0 heterocycles. The Morgan fingerprint density at radius 3 is 2.40 bits per heavy atom. The Morgan fingerprint density at radius 1 is 0.840 bits per heavy atom.